The molecule has 4 rings (SSSR count). The molecule has 1 aromatic carbocycles. The van der Waals surface area contributed by atoms with Crippen LogP contribution >= 0.6 is 11.8 Å². The highest BCUT2D eigenvalue weighted by molar-refractivity contribution is 8.00. The smallest absolute Gasteiger partial charge is 0.278 e. The van der Waals surface area contributed by atoms with Crippen molar-refractivity contribution in [3.05, 3.63) is 60.0 Å². The number of imidazole rings is 1. The first-order valence-corrected chi connectivity index (χ1v) is 9.03. The summed E-state index contributed by atoms with van der Waals surface area (Å²) in [4.78, 5) is 20.7. The first kappa shape index (κ1) is 15.3. The molecule has 0 saturated carbocycles. The maximum atomic E-state index is 13.1. The summed E-state index contributed by atoms with van der Waals surface area (Å²) in [7, 11) is 0. The van der Waals surface area contributed by atoms with E-state index >= 15 is 0 Å². The number of nitrogens with zero attached hydrogens (tertiary/aromatic N) is 3. The number of hydrogen-bond donors (Lipinski definition) is 0. The van der Waals surface area contributed by atoms with Crippen molar-refractivity contribution in [2.75, 3.05) is 11.4 Å². The number of thioether (sulfide) groups is 1. The van der Waals surface area contributed by atoms with Crippen molar-refractivity contribution in [1.82, 2.24) is 9.38 Å². The minimum absolute atomic E-state index is 0.0292. The molecule has 0 spiro atoms. The van der Waals surface area contributed by atoms with Gasteiger partial charge in [0.2, 0.25) is 0 Å². The minimum Gasteiger partial charge on any atom is -0.306 e. The molecule has 3 heterocycles. The molecule has 0 bridgehead atoms. The van der Waals surface area contributed by atoms with Crippen LogP contribution in [0, 0.1) is 6.92 Å². The quantitative estimate of drug-likeness (QED) is 0.669. The molecule has 0 unspecified atom stereocenters. The van der Waals surface area contributed by atoms with Crippen LogP contribution in [0.3, 0.4) is 0 Å². The van der Waals surface area contributed by atoms with Gasteiger partial charge in [-0.15, -0.1) is 11.8 Å². The molecular formula is C19H19N3OS. The summed E-state index contributed by atoms with van der Waals surface area (Å²) in [5.74, 6) is -0.0292. The van der Waals surface area contributed by atoms with E-state index in [1.807, 2.05) is 70.7 Å². The number of aryl methyl sites for hydroxylation is 1. The summed E-state index contributed by atoms with van der Waals surface area (Å²) in [5, 5.41) is 0.493. The molecule has 5 heteroatoms. The molecule has 3 aromatic rings. The van der Waals surface area contributed by atoms with Gasteiger partial charge in [-0.1, -0.05) is 19.1 Å². The van der Waals surface area contributed by atoms with E-state index in [-0.39, 0.29) is 5.91 Å². The van der Waals surface area contributed by atoms with Gasteiger partial charge in [-0.3, -0.25) is 4.79 Å². The number of amides is 1. The summed E-state index contributed by atoms with van der Waals surface area (Å²) in [6, 6.07) is 12.1. The van der Waals surface area contributed by atoms with Gasteiger partial charge in [-0.25, -0.2) is 4.98 Å². The van der Waals surface area contributed by atoms with Gasteiger partial charge < -0.3 is 9.30 Å². The third-order valence-corrected chi connectivity index (χ3v) is 5.56. The Hall–Kier alpha value is -2.27. The second-order valence-electron chi connectivity index (χ2n) is 6.24. The maximum Gasteiger partial charge on any atom is 0.278 e. The fraction of sp³-hybridized carbons (Fsp3) is 0.263. The Labute approximate surface area is 145 Å². The van der Waals surface area contributed by atoms with Crippen LogP contribution in [0.5, 0.6) is 0 Å². The van der Waals surface area contributed by atoms with Crippen LogP contribution < -0.4 is 4.90 Å². The average Bonchev–Trinajstić information content (AvgIpc) is 2.91. The lowest BCUT2D eigenvalue weighted by atomic mass is 10.2. The van der Waals surface area contributed by atoms with Crippen LogP contribution in [0.25, 0.3) is 5.65 Å². The van der Waals surface area contributed by atoms with E-state index < -0.39 is 0 Å². The maximum absolute atomic E-state index is 13.1. The molecule has 0 N–H and O–H groups in total. The Bertz CT molecular complexity index is 918. The molecule has 0 aliphatic carbocycles. The van der Waals surface area contributed by atoms with Gasteiger partial charge >= 0.3 is 0 Å². The number of anilines is 1. The first-order chi connectivity index (χ1) is 11.6. The number of rotatable bonds is 1. The van der Waals surface area contributed by atoms with Gasteiger partial charge in [0, 0.05) is 29.1 Å². The molecular weight excluding hydrogens is 318 g/mol. The summed E-state index contributed by atoms with van der Waals surface area (Å²) in [6.07, 6.45) is 4.74. The van der Waals surface area contributed by atoms with E-state index in [0.717, 1.165) is 34.8 Å². The zero-order valence-corrected chi connectivity index (χ0v) is 14.6. The first-order valence-electron chi connectivity index (χ1n) is 8.15. The van der Waals surface area contributed by atoms with Gasteiger partial charge in [0.1, 0.15) is 11.3 Å². The molecule has 24 heavy (non-hydrogen) atoms. The molecule has 0 radical (unpaired) electrons. The van der Waals surface area contributed by atoms with Crippen molar-refractivity contribution >= 4 is 29.0 Å². The number of para-hydroxylation sites is 1. The summed E-state index contributed by atoms with van der Waals surface area (Å²) in [5.41, 5.74) is 3.43. The lowest BCUT2D eigenvalue weighted by Gasteiger charge is -2.21. The second-order valence-corrected chi connectivity index (χ2v) is 7.72. The van der Waals surface area contributed by atoms with Crippen LogP contribution in [-0.4, -0.2) is 27.1 Å². The Kier molecular flexibility index (Phi) is 3.81. The lowest BCUT2D eigenvalue weighted by molar-refractivity contribution is 0.0982. The normalized spacial score (nSPS) is 17.6. The number of fused-ring (bicyclic) bond motifs is 2. The van der Waals surface area contributed by atoms with Crippen molar-refractivity contribution < 1.29 is 4.79 Å². The van der Waals surface area contributed by atoms with Crippen LogP contribution in [0.1, 0.15) is 29.4 Å². The molecule has 1 atom stereocenters. The Morgan fingerprint density at radius 3 is 3.00 bits per heavy atom. The van der Waals surface area contributed by atoms with Crippen LogP contribution in [0.4, 0.5) is 5.69 Å². The van der Waals surface area contributed by atoms with Gasteiger partial charge in [0.15, 0.2) is 0 Å². The number of pyridine rings is 1. The van der Waals surface area contributed by atoms with Gasteiger partial charge in [0.05, 0.1) is 5.69 Å². The minimum atomic E-state index is -0.0292. The predicted octanol–water partition coefficient (Wildman–Crippen LogP) is 4.17. The van der Waals surface area contributed by atoms with E-state index in [1.54, 1.807) is 0 Å². The summed E-state index contributed by atoms with van der Waals surface area (Å²) < 4.78 is 1.90. The summed E-state index contributed by atoms with van der Waals surface area (Å²) >= 11 is 1.84. The van der Waals surface area contributed by atoms with E-state index in [4.69, 9.17) is 0 Å². The Balaban J connectivity index is 1.75. The number of carbonyl (C=O) groups excluding carboxylic acids is 1. The van der Waals surface area contributed by atoms with Gasteiger partial charge in [-0.05, 0) is 43.2 Å². The Morgan fingerprint density at radius 2 is 2.12 bits per heavy atom. The average molecular weight is 337 g/mol. The largest absolute Gasteiger partial charge is 0.306 e. The van der Waals surface area contributed by atoms with Crippen molar-refractivity contribution in [1.29, 1.82) is 0 Å². The number of aromatic nitrogens is 2. The third-order valence-electron chi connectivity index (χ3n) is 4.32. The van der Waals surface area contributed by atoms with Crippen LogP contribution in [-0.2, 0) is 0 Å². The number of hydrogen-bond acceptors (Lipinski definition) is 3. The fourth-order valence-corrected chi connectivity index (χ4v) is 4.14. The third kappa shape index (κ3) is 2.69. The van der Waals surface area contributed by atoms with E-state index in [0.29, 0.717) is 10.9 Å². The van der Waals surface area contributed by atoms with Crippen molar-refractivity contribution in [2.24, 2.45) is 0 Å². The number of benzene rings is 1. The van der Waals surface area contributed by atoms with Gasteiger partial charge in [0.25, 0.3) is 5.91 Å². The zero-order valence-electron chi connectivity index (χ0n) is 13.8. The van der Waals surface area contributed by atoms with Crippen molar-refractivity contribution in [3.8, 4) is 0 Å². The molecule has 0 fully saturated rings. The topological polar surface area (TPSA) is 37.6 Å². The molecule has 2 aromatic heterocycles. The molecule has 1 aliphatic rings. The highest BCUT2D eigenvalue weighted by atomic mass is 32.2. The molecule has 4 nitrogen and oxygen atoms in total. The molecule has 1 aliphatic heterocycles. The highest BCUT2D eigenvalue weighted by Crippen LogP contribution is 2.37. The van der Waals surface area contributed by atoms with Crippen LogP contribution in [0.2, 0.25) is 0 Å². The van der Waals surface area contributed by atoms with E-state index in [1.165, 1.54) is 0 Å². The summed E-state index contributed by atoms with van der Waals surface area (Å²) in [6.45, 7) is 4.96. The van der Waals surface area contributed by atoms with E-state index in [2.05, 4.69) is 18.0 Å². The molecule has 122 valence electrons. The predicted molar refractivity (Wildman–Crippen MR) is 98.0 cm³/mol. The van der Waals surface area contributed by atoms with Crippen molar-refractivity contribution in [3.63, 3.8) is 0 Å². The SMILES string of the molecule is Cc1ccn2cc(C(=O)N3CC[C@H](C)Sc4ccccc43)nc2c1. The lowest BCUT2D eigenvalue weighted by Crippen LogP contribution is -2.32. The standard InChI is InChI=1S/C19H19N3OS/c1-13-7-9-21-12-15(20-18(21)11-13)19(23)22-10-8-14(2)24-17-6-4-3-5-16(17)22/h3-7,9,11-12,14H,8,10H2,1-2H3/t14-/m0/s1. The molecule has 0 saturated heterocycles. The van der Waals surface area contributed by atoms with Crippen LogP contribution in [0.15, 0.2) is 53.7 Å². The molecule has 1 amide bonds. The second kappa shape index (κ2) is 5.98. The highest BCUT2D eigenvalue weighted by Gasteiger charge is 2.26. The zero-order chi connectivity index (χ0) is 16.7. The fourth-order valence-electron chi connectivity index (χ4n) is 3.02. The Morgan fingerprint density at radius 1 is 1.29 bits per heavy atom. The van der Waals surface area contributed by atoms with Gasteiger partial charge in [-0.2, -0.15) is 0 Å². The van der Waals surface area contributed by atoms with E-state index in [9.17, 15) is 4.79 Å². The number of carbonyl (C=O) groups is 1. The van der Waals surface area contributed by atoms with Crippen molar-refractivity contribution in [2.45, 2.75) is 30.4 Å². The monoisotopic (exact) mass is 337 g/mol.